The van der Waals surface area contributed by atoms with E-state index in [9.17, 15) is 9.59 Å². The first-order valence-corrected chi connectivity index (χ1v) is 7.57. The second-order valence-corrected chi connectivity index (χ2v) is 6.50. The van der Waals surface area contributed by atoms with E-state index in [-0.39, 0.29) is 22.2 Å². The number of nitrogens with two attached hydrogens (primary N) is 3. The first kappa shape index (κ1) is 15.6. The summed E-state index contributed by atoms with van der Waals surface area (Å²) in [6.45, 7) is 1.68. The van der Waals surface area contributed by atoms with E-state index in [1.165, 1.54) is 0 Å². The molecule has 1 saturated heterocycles. The molecule has 1 unspecified atom stereocenters. The van der Waals surface area contributed by atoms with Crippen molar-refractivity contribution >= 4 is 33.8 Å². The molecular weight excluding hydrogens is 290 g/mol. The molecular formula is C13H21N5O2S. The summed E-state index contributed by atoms with van der Waals surface area (Å²) < 4.78 is 0. The zero-order chi connectivity index (χ0) is 15.7. The SMILES string of the molecule is CN(C)CC1CCCN1c1sc(C(N)=O)c(N)c1C(N)=O. The van der Waals surface area contributed by atoms with E-state index in [2.05, 4.69) is 9.80 Å². The molecule has 21 heavy (non-hydrogen) atoms. The second-order valence-electron chi connectivity index (χ2n) is 5.51. The molecule has 0 bridgehead atoms. The van der Waals surface area contributed by atoms with Crippen LogP contribution in [0.1, 0.15) is 32.9 Å². The molecule has 0 aromatic carbocycles. The minimum Gasteiger partial charge on any atom is -0.397 e. The quantitative estimate of drug-likeness (QED) is 0.710. The number of nitrogen functional groups attached to an aromatic ring is 1. The van der Waals surface area contributed by atoms with Crippen molar-refractivity contribution in [2.24, 2.45) is 11.5 Å². The zero-order valence-electron chi connectivity index (χ0n) is 12.3. The fourth-order valence-electron chi connectivity index (χ4n) is 2.77. The maximum atomic E-state index is 11.7. The number of carbonyl (C=O) groups excluding carboxylic acids is 2. The molecule has 8 heteroatoms. The molecule has 1 fully saturated rings. The van der Waals surface area contributed by atoms with Crippen LogP contribution in [-0.2, 0) is 0 Å². The van der Waals surface area contributed by atoms with Gasteiger partial charge in [0.1, 0.15) is 9.88 Å². The van der Waals surface area contributed by atoms with Gasteiger partial charge in [0, 0.05) is 19.1 Å². The van der Waals surface area contributed by atoms with E-state index >= 15 is 0 Å². The largest absolute Gasteiger partial charge is 0.397 e. The van der Waals surface area contributed by atoms with Crippen LogP contribution >= 0.6 is 11.3 Å². The van der Waals surface area contributed by atoms with Gasteiger partial charge in [0.2, 0.25) is 0 Å². The Morgan fingerprint density at radius 3 is 2.52 bits per heavy atom. The van der Waals surface area contributed by atoms with E-state index in [1.54, 1.807) is 0 Å². The summed E-state index contributed by atoms with van der Waals surface area (Å²) >= 11 is 1.16. The van der Waals surface area contributed by atoms with Gasteiger partial charge in [-0.05, 0) is 26.9 Å². The Balaban J connectivity index is 2.45. The standard InChI is InChI=1S/C13H21N5O2S/c1-17(2)6-7-4-3-5-18(7)13-8(11(15)19)9(14)10(21-13)12(16)20/h7H,3-6,14H2,1-2H3,(H2,15,19)(H2,16,20). The lowest BCUT2D eigenvalue weighted by molar-refractivity contribution is 0.0999. The van der Waals surface area contributed by atoms with Crippen molar-refractivity contribution in [2.45, 2.75) is 18.9 Å². The third kappa shape index (κ3) is 2.96. The highest BCUT2D eigenvalue weighted by molar-refractivity contribution is 7.19. The highest BCUT2D eigenvalue weighted by Gasteiger charge is 2.32. The first-order chi connectivity index (χ1) is 9.82. The average Bonchev–Trinajstić information content (AvgIpc) is 2.92. The van der Waals surface area contributed by atoms with E-state index in [4.69, 9.17) is 17.2 Å². The fraction of sp³-hybridized carbons (Fsp3) is 0.538. The van der Waals surface area contributed by atoms with Crippen molar-refractivity contribution in [3.8, 4) is 0 Å². The average molecular weight is 311 g/mol. The number of primary amides is 2. The lowest BCUT2D eigenvalue weighted by Gasteiger charge is -2.28. The van der Waals surface area contributed by atoms with Crippen LogP contribution in [0.3, 0.4) is 0 Å². The third-order valence-corrected chi connectivity index (χ3v) is 4.87. The van der Waals surface area contributed by atoms with Crippen molar-refractivity contribution < 1.29 is 9.59 Å². The van der Waals surface area contributed by atoms with Crippen LogP contribution < -0.4 is 22.1 Å². The molecule has 1 aromatic rings. The Morgan fingerprint density at radius 1 is 1.33 bits per heavy atom. The number of hydrogen-bond acceptors (Lipinski definition) is 6. The summed E-state index contributed by atoms with van der Waals surface area (Å²) in [5.41, 5.74) is 17.0. The zero-order valence-corrected chi connectivity index (χ0v) is 13.1. The minimum atomic E-state index is -0.630. The molecule has 1 aromatic heterocycles. The molecule has 1 aliphatic rings. The van der Waals surface area contributed by atoms with Gasteiger partial charge in [-0.25, -0.2) is 0 Å². The number of likely N-dealkylation sites (N-methyl/N-ethyl adjacent to an activating group) is 1. The van der Waals surface area contributed by atoms with Gasteiger partial charge in [-0.15, -0.1) is 11.3 Å². The van der Waals surface area contributed by atoms with Gasteiger partial charge in [0.05, 0.1) is 11.3 Å². The topological polar surface area (TPSA) is 119 Å². The van der Waals surface area contributed by atoms with Gasteiger partial charge in [-0.1, -0.05) is 0 Å². The number of thiophene rings is 1. The summed E-state index contributed by atoms with van der Waals surface area (Å²) in [7, 11) is 4.01. The molecule has 7 nitrogen and oxygen atoms in total. The van der Waals surface area contributed by atoms with Gasteiger partial charge in [0.25, 0.3) is 11.8 Å². The fourth-order valence-corrected chi connectivity index (χ4v) is 3.95. The summed E-state index contributed by atoms with van der Waals surface area (Å²) in [5, 5.41) is 0.665. The first-order valence-electron chi connectivity index (χ1n) is 6.76. The van der Waals surface area contributed by atoms with Crippen molar-refractivity contribution in [3.05, 3.63) is 10.4 Å². The predicted molar refractivity (Wildman–Crippen MR) is 84.7 cm³/mol. The van der Waals surface area contributed by atoms with Gasteiger partial charge >= 0.3 is 0 Å². The number of carbonyl (C=O) groups is 2. The van der Waals surface area contributed by atoms with E-state index < -0.39 is 11.8 Å². The summed E-state index contributed by atoms with van der Waals surface area (Å²) in [6.07, 6.45) is 2.06. The van der Waals surface area contributed by atoms with Crippen molar-refractivity contribution in [3.63, 3.8) is 0 Å². The van der Waals surface area contributed by atoms with Crippen LogP contribution in [0, 0.1) is 0 Å². The number of nitrogens with zero attached hydrogens (tertiary/aromatic N) is 2. The lowest BCUT2D eigenvalue weighted by Crippen LogP contribution is -2.38. The van der Waals surface area contributed by atoms with Gasteiger partial charge in [-0.3, -0.25) is 9.59 Å². The van der Waals surface area contributed by atoms with Crippen molar-refractivity contribution in [1.82, 2.24) is 4.90 Å². The van der Waals surface area contributed by atoms with Crippen LogP contribution in [0.2, 0.25) is 0 Å². The number of amides is 2. The summed E-state index contributed by atoms with van der Waals surface area (Å²) in [6, 6.07) is 0.275. The summed E-state index contributed by atoms with van der Waals surface area (Å²) in [4.78, 5) is 27.6. The molecule has 6 N–H and O–H groups in total. The lowest BCUT2D eigenvalue weighted by atomic mass is 10.2. The van der Waals surface area contributed by atoms with Crippen LogP contribution in [0.25, 0.3) is 0 Å². The molecule has 2 heterocycles. The smallest absolute Gasteiger partial charge is 0.260 e. The predicted octanol–water partition coefficient (Wildman–Crippen LogP) is 0.0585. The maximum absolute atomic E-state index is 11.7. The normalized spacial score (nSPS) is 18.4. The van der Waals surface area contributed by atoms with Crippen LogP contribution in [0.5, 0.6) is 0 Å². The van der Waals surface area contributed by atoms with Gasteiger partial charge < -0.3 is 27.0 Å². The molecule has 1 aliphatic heterocycles. The van der Waals surface area contributed by atoms with E-state index in [1.807, 2.05) is 14.1 Å². The van der Waals surface area contributed by atoms with Gasteiger partial charge in [-0.2, -0.15) is 0 Å². The van der Waals surface area contributed by atoms with Crippen molar-refractivity contribution in [1.29, 1.82) is 0 Å². The molecule has 2 rings (SSSR count). The van der Waals surface area contributed by atoms with Gasteiger partial charge in [0.15, 0.2) is 0 Å². The summed E-state index contributed by atoms with van der Waals surface area (Å²) in [5.74, 6) is -1.25. The van der Waals surface area contributed by atoms with E-state index in [0.717, 1.165) is 37.3 Å². The monoisotopic (exact) mass is 311 g/mol. The molecule has 0 spiro atoms. The van der Waals surface area contributed by atoms with Crippen LogP contribution in [0.15, 0.2) is 0 Å². The Hall–Kier alpha value is -1.80. The van der Waals surface area contributed by atoms with Crippen molar-refractivity contribution in [2.75, 3.05) is 37.8 Å². The third-order valence-electron chi connectivity index (χ3n) is 3.61. The molecule has 1 atom stereocenters. The second kappa shape index (κ2) is 5.90. The number of anilines is 2. The minimum absolute atomic E-state index is 0.102. The Bertz CT molecular complexity index is 569. The maximum Gasteiger partial charge on any atom is 0.260 e. The van der Waals surface area contributed by atoms with Crippen LogP contribution in [-0.4, -0.2) is 49.9 Å². The number of hydrogen-bond donors (Lipinski definition) is 3. The number of rotatable bonds is 5. The Morgan fingerprint density at radius 2 is 2.00 bits per heavy atom. The molecule has 116 valence electrons. The van der Waals surface area contributed by atoms with Crippen LogP contribution in [0.4, 0.5) is 10.7 Å². The Labute approximate surface area is 127 Å². The van der Waals surface area contributed by atoms with E-state index in [0.29, 0.717) is 5.00 Å². The molecule has 2 amide bonds. The molecule has 0 aliphatic carbocycles. The molecule has 0 saturated carbocycles. The highest BCUT2D eigenvalue weighted by Crippen LogP contribution is 2.40. The highest BCUT2D eigenvalue weighted by atomic mass is 32.1. The molecule has 0 radical (unpaired) electrons. The Kier molecular flexibility index (Phi) is 4.38.